The van der Waals surface area contributed by atoms with Crippen LogP contribution in [0.25, 0.3) is 10.9 Å². The Morgan fingerprint density at radius 1 is 1.22 bits per heavy atom. The lowest BCUT2D eigenvalue weighted by molar-refractivity contribution is 0.415. The fraction of sp³-hybridized carbons (Fsp3) is 0.111. The zero-order valence-corrected chi connectivity index (χ0v) is 12.7. The highest BCUT2D eigenvalue weighted by molar-refractivity contribution is 5.96. The topological polar surface area (TPSA) is 57.9 Å². The van der Waals surface area contributed by atoms with Gasteiger partial charge >= 0.3 is 0 Å². The third-order valence-electron chi connectivity index (χ3n) is 3.64. The van der Waals surface area contributed by atoms with Gasteiger partial charge in [0, 0.05) is 17.3 Å². The van der Waals surface area contributed by atoms with Gasteiger partial charge in [0.15, 0.2) is 0 Å². The van der Waals surface area contributed by atoms with Gasteiger partial charge < -0.3 is 10.1 Å². The molecule has 0 bridgehead atoms. The van der Waals surface area contributed by atoms with Gasteiger partial charge in [-0.15, -0.1) is 0 Å². The molecule has 23 heavy (non-hydrogen) atoms. The largest absolute Gasteiger partial charge is 0.497 e. The number of aryl methyl sites for hydroxylation is 1. The van der Waals surface area contributed by atoms with E-state index in [2.05, 4.69) is 16.4 Å². The third-order valence-corrected chi connectivity index (χ3v) is 3.64. The lowest BCUT2D eigenvalue weighted by Gasteiger charge is -2.13. The van der Waals surface area contributed by atoms with Crippen LogP contribution in [0.5, 0.6) is 5.75 Å². The van der Waals surface area contributed by atoms with Crippen molar-refractivity contribution in [2.45, 2.75) is 6.92 Å². The maximum absolute atomic E-state index is 13.8. The van der Waals surface area contributed by atoms with Crippen molar-refractivity contribution in [3.8, 4) is 11.8 Å². The molecule has 0 amide bonds. The lowest BCUT2D eigenvalue weighted by atomic mass is 10.1. The number of pyridine rings is 1. The van der Waals surface area contributed by atoms with Crippen LogP contribution < -0.4 is 10.1 Å². The zero-order valence-electron chi connectivity index (χ0n) is 12.7. The molecule has 0 aliphatic heterocycles. The summed E-state index contributed by atoms with van der Waals surface area (Å²) in [5.74, 6) is 0.358. The fourth-order valence-electron chi connectivity index (χ4n) is 2.33. The number of fused-ring (bicyclic) bond motifs is 1. The summed E-state index contributed by atoms with van der Waals surface area (Å²) in [5.41, 5.74) is 2.82. The predicted molar refractivity (Wildman–Crippen MR) is 87.4 cm³/mol. The second kappa shape index (κ2) is 5.93. The fourth-order valence-corrected chi connectivity index (χ4v) is 2.33. The van der Waals surface area contributed by atoms with E-state index in [9.17, 15) is 9.65 Å². The summed E-state index contributed by atoms with van der Waals surface area (Å²) in [6, 6.07) is 12.4. The van der Waals surface area contributed by atoms with Crippen LogP contribution >= 0.6 is 0 Å². The predicted octanol–water partition coefficient (Wildman–Crippen LogP) is 4.31. The van der Waals surface area contributed by atoms with Crippen LogP contribution in [0.3, 0.4) is 0 Å². The number of nitrogens with one attached hydrogen (secondary N) is 1. The van der Waals surface area contributed by atoms with E-state index in [-0.39, 0.29) is 5.82 Å². The molecule has 3 rings (SSSR count). The van der Waals surface area contributed by atoms with E-state index < -0.39 is 0 Å². The molecular formula is C18H14FN3O. The standard InChI is InChI=1S/C18H14FN3O/c1-11-3-4-13(7-16(11)19)22-18-12(9-20)10-21-17-6-5-14(23-2)8-15(17)18/h3-8,10H,1-2H3,(H,21,22). The average Bonchev–Trinajstić information content (AvgIpc) is 2.58. The second-order valence-corrected chi connectivity index (χ2v) is 5.13. The van der Waals surface area contributed by atoms with Crippen molar-refractivity contribution in [1.29, 1.82) is 5.26 Å². The molecule has 3 aromatic rings. The smallest absolute Gasteiger partial charge is 0.128 e. The first-order chi connectivity index (χ1) is 11.1. The lowest BCUT2D eigenvalue weighted by Crippen LogP contribution is -1.98. The van der Waals surface area contributed by atoms with Gasteiger partial charge in [0.1, 0.15) is 17.6 Å². The Morgan fingerprint density at radius 3 is 2.74 bits per heavy atom. The van der Waals surface area contributed by atoms with Gasteiger partial charge in [-0.2, -0.15) is 5.26 Å². The maximum atomic E-state index is 13.8. The first-order valence-corrected chi connectivity index (χ1v) is 7.02. The highest BCUT2D eigenvalue weighted by Gasteiger charge is 2.11. The highest BCUT2D eigenvalue weighted by atomic mass is 19.1. The minimum absolute atomic E-state index is 0.301. The second-order valence-electron chi connectivity index (χ2n) is 5.13. The Labute approximate surface area is 133 Å². The van der Waals surface area contributed by atoms with Crippen LogP contribution in [0.1, 0.15) is 11.1 Å². The van der Waals surface area contributed by atoms with E-state index in [0.29, 0.717) is 28.3 Å². The van der Waals surface area contributed by atoms with Crippen LogP contribution in [0.2, 0.25) is 0 Å². The molecule has 1 aromatic heterocycles. The number of nitrogens with zero attached hydrogens (tertiary/aromatic N) is 2. The van der Waals surface area contributed by atoms with Crippen molar-refractivity contribution in [1.82, 2.24) is 4.98 Å². The summed E-state index contributed by atoms with van der Waals surface area (Å²) in [4.78, 5) is 4.27. The van der Waals surface area contributed by atoms with Crippen LogP contribution in [0, 0.1) is 24.1 Å². The first kappa shape index (κ1) is 14.8. The molecule has 0 aliphatic carbocycles. The van der Waals surface area contributed by atoms with Crippen molar-refractivity contribution in [3.05, 3.63) is 59.5 Å². The third kappa shape index (κ3) is 2.79. The van der Waals surface area contributed by atoms with Gasteiger partial charge in [0.2, 0.25) is 0 Å². The number of benzene rings is 2. The van der Waals surface area contributed by atoms with Crippen LogP contribution in [-0.2, 0) is 0 Å². The molecule has 4 nitrogen and oxygen atoms in total. The number of nitriles is 1. The maximum Gasteiger partial charge on any atom is 0.128 e. The number of ether oxygens (including phenoxy) is 1. The van der Waals surface area contributed by atoms with Crippen molar-refractivity contribution in [2.75, 3.05) is 12.4 Å². The zero-order chi connectivity index (χ0) is 16.4. The molecular weight excluding hydrogens is 293 g/mol. The molecule has 0 saturated carbocycles. The number of hydrogen-bond donors (Lipinski definition) is 1. The summed E-state index contributed by atoms with van der Waals surface area (Å²) in [6.45, 7) is 1.70. The molecule has 0 radical (unpaired) electrons. The number of methoxy groups -OCH3 is 1. The molecule has 0 spiro atoms. The molecule has 1 N–H and O–H groups in total. The van der Waals surface area contributed by atoms with Crippen molar-refractivity contribution in [2.24, 2.45) is 0 Å². The van der Waals surface area contributed by atoms with E-state index in [1.165, 1.54) is 12.3 Å². The van der Waals surface area contributed by atoms with Crippen molar-refractivity contribution in [3.63, 3.8) is 0 Å². The minimum atomic E-state index is -0.301. The van der Waals surface area contributed by atoms with Gasteiger partial charge in [0.05, 0.1) is 23.9 Å². The Morgan fingerprint density at radius 2 is 2.04 bits per heavy atom. The van der Waals surface area contributed by atoms with Crippen LogP contribution in [0.4, 0.5) is 15.8 Å². The van der Waals surface area contributed by atoms with E-state index in [1.807, 2.05) is 6.07 Å². The molecule has 0 saturated heterocycles. The summed E-state index contributed by atoms with van der Waals surface area (Å²) in [6.07, 6.45) is 1.50. The summed E-state index contributed by atoms with van der Waals surface area (Å²) < 4.78 is 19.0. The van der Waals surface area contributed by atoms with E-state index >= 15 is 0 Å². The molecule has 0 fully saturated rings. The van der Waals surface area contributed by atoms with E-state index in [4.69, 9.17) is 4.74 Å². The van der Waals surface area contributed by atoms with Gasteiger partial charge in [-0.05, 0) is 42.8 Å². The number of rotatable bonds is 3. The Bertz CT molecular complexity index is 931. The Balaban J connectivity index is 2.17. The van der Waals surface area contributed by atoms with Gasteiger partial charge in [0.25, 0.3) is 0 Å². The quantitative estimate of drug-likeness (QED) is 0.783. The number of anilines is 2. The number of halogens is 1. The van der Waals surface area contributed by atoms with Gasteiger partial charge in [-0.1, -0.05) is 6.07 Å². The molecule has 0 aliphatic rings. The normalized spacial score (nSPS) is 10.3. The van der Waals surface area contributed by atoms with Gasteiger partial charge in [-0.3, -0.25) is 4.98 Å². The molecule has 5 heteroatoms. The van der Waals surface area contributed by atoms with Crippen molar-refractivity contribution >= 4 is 22.3 Å². The molecule has 1 heterocycles. The highest BCUT2D eigenvalue weighted by Crippen LogP contribution is 2.31. The SMILES string of the molecule is COc1ccc2ncc(C#N)c(Nc3ccc(C)c(F)c3)c2c1. The summed E-state index contributed by atoms with van der Waals surface area (Å²) in [7, 11) is 1.57. The molecule has 2 aromatic carbocycles. The minimum Gasteiger partial charge on any atom is -0.497 e. The van der Waals surface area contributed by atoms with Crippen LogP contribution in [0.15, 0.2) is 42.6 Å². The monoisotopic (exact) mass is 307 g/mol. The van der Waals surface area contributed by atoms with Crippen LogP contribution in [-0.4, -0.2) is 12.1 Å². The molecule has 0 unspecified atom stereocenters. The van der Waals surface area contributed by atoms with E-state index in [0.717, 1.165) is 10.9 Å². The molecule has 0 atom stereocenters. The number of hydrogen-bond acceptors (Lipinski definition) is 4. The average molecular weight is 307 g/mol. The number of aromatic nitrogens is 1. The Hall–Kier alpha value is -3.13. The summed E-state index contributed by atoms with van der Waals surface area (Å²) >= 11 is 0. The molecule has 114 valence electrons. The Kier molecular flexibility index (Phi) is 3.82. The first-order valence-electron chi connectivity index (χ1n) is 7.02. The van der Waals surface area contributed by atoms with Crippen molar-refractivity contribution < 1.29 is 9.13 Å². The van der Waals surface area contributed by atoms with E-state index in [1.54, 1.807) is 38.3 Å². The summed E-state index contributed by atoms with van der Waals surface area (Å²) in [5, 5.41) is 13.2. The van der Waals surface area contributed by atoms with Gasteiger partial charge in [-0.25, -0.2) is 4.39 Å².